The third kappa shape index (κ3) is 3.51. The summed E-state index contributed by atoms with van der Waals surface area (Å²) in [5.74, 6) is 0. The molecule has 1 aliphatic heterocycles. The van der Waals surface area contributed by atoms with Crippen LogP contribution in [0.3, 0.4) is 0 Å². The van der Waals surface area contributed by atoms with E-state index in [4.69, 9.17) is 14.2 Å². The maximum atomic E-state index is 5.25. The van der Waals surface area contributed by atoms with E-state index in [1.54, 1.807) is 14.2 Å². The maximum Gasteiger partial charge on any atom is 0.173 e. The average Bonchev–Trinajstić information content (AvgIpc) is 2.21. The minimum atomic E-state index is -0.210. The Balaban J connectivity index is 2.26. The second kappa shape index (κ2) is 6.31. The van der Waals surface area contributed by atoms with Gasteiger partial charge in [0, 0.05) is 27.3 Å². The lowest BCUT2D eigenvalue weighted by molar-refractivity contribution is -0.134. The van der Waals surface area contributed by atoms with Gasteiger partial charge in [0.2, 0.25) is 0 Å². The summed E-state index contributed by atoms with van der Waals surface area (Å²) in [5.41, 5.74) is 3.32. The molecule has 0 aromatic carbocycles. The molecule has 0 amide bonds. The number of methoxy groups -OCH3 is 2. The van der Waals surface area contributed by atoms with E-state index in [-0.39, 0.29) is 12.3 Å². The molecule has 5 nitrogen and oxygen atoms in total. The van der Waals surface area contributed by atoms with E-state index in [1.807, 2.05) is 6.92 Å². The van der Waals surface area contributed by atoms with Gasteiger partial charge in [-0.15, -0.1) is 0 Å². The van der Waals surface area contributed by atoms with Crippen molar-refractivity contribution in [2.24, 2.45) is 0 Å². The summed E-state index contributed by atoms with van der Waals surface area (Å²) in [6.45, 7) is 5.41. The van der Waals surface area contributed by atoms with Gasteiger partial charge in [-0.3, -0.25) is 0 Å². The Labute approximate surface area is 85.3 Å². The van der Waals surface area contributed by atoms with Crippen LogP contribution in [0.5, 0.6) is 0 Å². The third-order valence-electron chi connectivity index (χ3n) is 2.27. The van der Waals surface area contributed by atoms with E-state index in [2.05, 4.69) is 10.4 Å². The summed E-state index contributed by atoms with van der Waals surface area (Å²) in [7, 11) is 3.29. The van der Waals surface area contributed by atoms with Crippen LogP contribution < -0.4 is 5.43 Å². The van der Waals surface area contributed by atoms with Crippen LogP contribution in [-0.2, 0) is 14.2 Å². The number of rotatable bonds is 5. The number of nitrogens with zero attached hydrogens (tertiary/aromatic N) is 1. The summed E-state index contributed by atoms with van der Waals surface area (Å²) >= 11 is 0. The Bertz CT molecular complexity index is 147. The quantitative estimate of drug-likeness (QED) is 0.630. The molecular formula is C9H20N2O3. The number of ether oxygens (including phenoxy) is 3. The van der Waals surface area contributed by atoms with Gasteiger partial charge in [0.15, 0.2) is 6.29 Å². The van der Waals surface area contributed by atoms with Gasteiger partial charge in [0.25, 0.3) is 0 Å². The summed E-state index contributed by atoms with van der Waals surface area (Å²) in [6, 6.07) is 0.142. The first-order valence-corrected chi connectivity index (χ1v) is 4.92. The highest BCUT2D eigenvalue weighted by molar-refractivity contribution is 4.65. The van der Waals surface area contributed by atoms with Crippen molar-refractivity contribution in [2.45, 2.75) is 19.3 Å². The summed E-state index contributed by atoms with van der Waals surface area (Å²) in [6.07, 6.45) is -0.210. The topological polar surface area (TPSA) is 43.0 Å². The van der Waals surface area contributed by atoms with Gasteiger partial charge in [0.05, 0.1) is 19.3 Å². The monoisotopic (exact) mass is 204 g/mol. The molecule has 0 aromatic rings. The van der Waals surface area contributed by atoms with Gasteiger partial charge in [-0.05, 0) is 6.92 Å². The number of hydrazine groups is 1. The molecule has 1 rings (SSSR count). The van der Waals surface area contributed by atoms with Crippen LogP contribution in [0.15, 0.2) is 0 Å². The molecule has 5 heteroatoms. The molecule has 0 spiro atoms. The molecule has 1 atom stereocenters. The Hall–Kier alpha value is -0.200. The SMILES string of the molecule is COC(OC)C(C)NN1CCOCC1. The highest BCUT2D eigenvalue weighted by Crippen LogP contribution is 2.01. The molecule has 1 heterocycles. The minimum Gasteiger partial charge on any atom is -0.379 e. The lowest BCUT2D eigenvalue weighted by Gasteiger charge is -2.32. The van der Waals surface area contributed by atoms with Crippen LogP contribution in [0.1, 0.15) is 6.92 Å². The first-order valence-electron chi connectivity index (χ1n) is 4.92. The van der Waals surface area contributed by atoms with Crippen molar-refractivity contribution in [1.29, 1.82) is 0 Å². The van der Waals surface area contributed by atoms with Crippen molar-refractivity contribution in [3.63, 3.8) is 0 Å². The van der Waals surface area contributed by atoms with Crippen LogP contribution in [0.2, 0.25) is 0 Å². The zero-order valence-electron chi connectivity index (χ0n) is 9.16. The molecule has 0 aromatic heterocycles. The second-order valence-corrected chi connectivity index (χ2v) is 3.36. The standard InChI is InChI=1S/C9H20N2O3/c1-8(9(12-2)13-3)10-11-4-6-14-7-5-11/h8-10H,4-7H2,1-3H3. The molecular weight excluding hydrogens is 184 g/mol. The smallest absolute Gasteiger partial charge is 0.173 e. The van der Waals surface area contributed by atoms with Crippen molar-refractivity contribution in [1.82, 2.24) is 10.4 Å². The summed E-state index contributed by atoms with van der Waals surface area (Å²) in [4.78, 5) is 0. The third-order valence-corrected chi connectivity index (χ3v) is 2.27. The molecule has 0 aliphatic carbocycles. The fourth-order valence-corrected chi connectivity index (χ4v) is 1.55. The summed E-state index contributed by atoms with van der Waals surface area (Å²) < 4.78 is 15.6. The Morgan fingerprint density at radius 2 is 1.79 bits per heavy atom. The predicted molar refractivity (Wildman–Crippen MR) is 52.8 cm³/mol. The zero-order chi connectivity index (χ0) is 10.4. The molecule has 0 saturated carbocycles. The molecule has 1 fully saturated rings. The van der Waals surface area contributed by atoms with E-state index in [1.165, 1.54) is 0 Å². The molecule has 14 heavy (non-hydrogen) atoms. The fraction of sp³-hybridized carbons (Fsp3) is 1.00. The van der Waals surface area contributed by atoms with E-state index < -0.39 is 0 Å². The zero-order valence-corrected chi connectivity index (χ0v) is 9.16. The average molecular weight is 204 g/mol. The lowest BCUT2D eigenvalue weighted by atomic mass is 10.3. The predicted octanol–water partition coefficient (Wildman–Crippen LogP) is -0.169. The molecule has 0 radical (unpaired) electrons. The van der Waals surface area contributed by atoms with Crippen molar-refractivity contribution in [2.75, 3.05) is 40.5 Å². The van der Waals surface area contributed by atoms with Crippen LogP contribution >= 0.6 is 0 Å². The molecule has 0 bridgehead atoms. The lowest BCUT2D eigenvalue weighted by Crippen LogP contribution is -2.53. The number of morpholine rings is 1. The van der Waals surface area contributed by atoms with Gasteiger partial charge < -0.3 is 14.2 Å². The van der Waals surface area contributed by atoms with E-state index in [9.17, 15) is 0 Å². The maximum absolute atomic E-state index is 5.25. The van der Waals surface area contributed by atoms with Crippen LogP contribution in [0, 0.1) is 0 Å². The molecule has 1 unspecified atom stereocenters. The van der Waals surface area contributed by atoms with Crippen molar-refractivity contribution in [3.8, 4) is 0 Å². The van der Waals surface area contributed by atoms with E-state index >= 15 is 0 Å². The van der Waals surface area contributed by atoms with Crippen LogP contribution in [0.4, 0.5) is 0 Å². The van der Waals surface area contributed by atoms with Gasteiger partial charge in [-0.2, -0.15) is 0 Å². The normalized spacial score (nSPS) is 21.4. The number of hydrogen-bond donors (Lipinski definition) is 1. The van der Waals surface area contributed by atoms with E-state index in [0.717, 1.165) is 26.3 Å². The van der Waals surface area contributed by atoms with Crippen LogP contribution in [0.25, 0.3) is 0 Å². The van der Waals surface area contributed by atoms with Gasteiger partial charge in [0.1, 0.15) is 0 Å². The van der Waals surface area contributed by atoms with Gasteiger partial charge >= 0.3 is 0 Å². The minimum absolute atomic E-state index is 0.142. The second-order valence-electron chi connectivity index (χ2n) is 3.36. The first kappa shape index (κ1) is 11.9. The number of hydrogen-bond acceptors (Lipinski definition) is 5. The van der Waals surface area contributed by atoms with Crippen molar-refractivity contribution in [3.05, 3.63) is 0 Å². The largest absolute Gasteiger partial charge is 0.379 e. The van der Waals surface area contributed by atoms with Crippen molar-refractivity contribution >= 4 is 0 Å². The van der Waals surface area contributed by atoms with Gasteiger partial charge in [-0.25, -0.2) is 10.4 Å². The highest BCUT2D eigenvalue weighted by atomic mass is 16.7. The Morgan fingerprint density at radius 3 is 2.29 bits per heavy atom. The Kier molecular flexibility index (Phi) is 5.36. The van der Waals surface area contributed by atoms with Crippen molar-refractivity contribution < 1.29 is 14.2 Å². The van der Waals surface area contributed by atoms with Gasteiger partial charge in [-0.1, -0.05) is 0 Å². The summed E-state index contributed by atoms with van der Waals surface area (Å²) in [5, 5.41) is 2.14. The Morgan fingerprint density at radius 1 is 1.21 bits per heavy atom. The number of nitrogens with one attached hydrogen (secondary N) is 1. The molecule has 84 valence electrons. The van der Waals surface area contributed by atoms with Crippen LogP contribution in [-0.4, -0.2) is 57.9 Å². The molecule has 1 aliphatic rings. The fourth-order valence-electron chi connectivity index (χ4n) is 1.55. The van der Waals surface area contributed by atoms with E-state index in [0.29, 0.717) is 0 Å². The molecule has 1 saturated heterocycles. The highest BCUT2D eigenvalue weighted by Gasteiger charge is 2.19. The first-order chi connectivity index (χ1) is 6.77. The molecule has 1 N–H and O–H groups in total.